The Bertz CT molecular complexity index is 423. The molecule has 1 aromatic rings. The van der Waals surface area contributed by atoms with Gasteiger partial charge in [0.05, 0.1) is 13.2 Å². The highest BCUT2D eigenvalue weighted by molar-refractivity contribution is 5.92. The molecule has 1 heterocycles. The van der Waals surface area contributed by atoms with Crippen molar-refractivity contribution in [1.82, 2.24) is 5.32 Å². The normalized spacial score (nSPS) is 12.5. The fourth-order valence-electron chi connectivity index (χ4n) is 1.56. The van der Waals surface area contributed by atoms with E-state index in [-0.39, 0.29) is 19.2 Å². The van der Waals surface area contributed by atoms with Gasteiger partial charge in [0.1, 0.15) is 0 Å². The van der Waals surface area contributed by atoms with Crippen molar-refractivity contribution in [2.24, 2.45) is 0 Å². The summed E-state index contributed by atoms with van der Waals surface area (Å²) in [4.78, 5) is 11.6. The Kier molecular flexibility index (Phi) is 4.38. The third kappa shape index (κ3) is 3.35. The number of benzene rings is 1. The molecule has 1 aromatic carbocycles. The molecule has 2 rings (SSSR count). The maximum Gasteiger partial charge on any atom is 0.238 e. The van der Waals surface area contributed by atoms with Crippen LogP contribution in [0.2, 0.25) is 0 Å². The number of anilines is 1. The van der Waals surface area contributed by atoms with Gasteiger partial charge >= 0.3 is 0 Å². The molecule has 0 bridgehead atoms. The number of ether oxygens (including phenoxy) is 3. The van der Waals surface area contributed by atoms with Crippen molar-refractivity contribution in [2.75, 3.05) is 38.9 Å². The largest absolute Gasteiger partial charge is 0.454 e. The summed E-state index contributed by atoms with van der Waals surface area (Å²) in [5, 5.41) is 5.74. The average Bonchev–Trinajstić information content (AvgIpc) is 2.82. The summed E-state index contributed by atoms with van der Waals surface area (Å²) in [7, 11) is 1.62. The predicted molar refractivity (Wildman–Crippen MR) is 65.9 cm³/mol. The molecule has 1 aliphatic rings. The van der Waals surface area contributed by atoms with Crippen molar-refractivity contribution in [3.63, 3.8) is 0 Å². The summed E-state index contributed by atoms with van der Waals surface area (Å²) in [5.41, 5.74) is 0.692. The standard InChI is InChI=1S/C12H16N2O4/c1-16-5-4-13-7-12(15)14-9-2-3-10-11(6-9)18-8-17-10/h2-3,6,13H,4-5,7-8H2,1H3,(H,14,15). The molecule has 0 radical (unpaired) electrons. The molecule has 6 nitrogen and oxygen atoms in total. The van der Waals surface area contributed by atoms with Crippen LogP contribution in [0.5, 0.6) is 11.5 Å². The van der Waals surface area contributed by atoms with E-state index in [0.717, 1.165) is 0 Å². The molecule has 0 atom stereocenters. The number of fused-ring (bicyclic) bond motifs is 1. The number of carbonyl (C=O) groups excluding carboxylic acids is 1. The lowest BCUT2D eigenvalue weighted by Crippen LogP contribution is -2.30. The Hall–Kier alpha value is -1.79. The molecule has 0 saturated carbocycles. The molecule has 2 N–H and O–H groups in total. The second-order valence-corrected chi connectivity index (χ2v) is 3.79. The highest BCUT2D eigenvalue weighted by atomic mass is 16.7. The van der Waals surface area contributed by atoms with Gasteiger partial charge in [0.15, 0.2) is 11.5 Å². The molecular formula is C12H16N2O4. The van der Waals surface area contributed by atoms with Crippen LogP contribution < -0.4 is 20.1 Å². The van der Waals surface area contributed by atoms with Gasteiger partial charge in [0, 0.05) is 25.4 Å². The highest BCUT2D eigenvalue weighted by Gasteiger charge is 2.13. The van der Waals surface area contributed by atoms with Gasteiger partial charge in [0.2, 0.25) is 12.7 Å². The summed E-state index contributed by atoms with van der Waals surface area (Å²) in [6.07, 6.45) is 0. The topological polar surface area (TPSA) is 68.8 Å². The Morgan fingerprint density at radius 2 is 2.22 bits per heavy atom. The maximum atomic E-state index is 11.6. The smallest absolute Gasteiger partial charge is 0.238 e. The molecule has 0 aromatic heterocycles. The molecule has 18 heavy (non-hydrogen) atoms. The number of nitrogens with one attached hydrogen (secondary N) is 2. The van der Waals surface area contributed by atoms with Crippen LogP contribution in [0.4, 0.5) is 5.69 Å². The fraction of sp³-hybridized carbons (Fsp3) is 0.417. The molecule has 1 aliphatic heterocycles. The fourth-order valence-corrected chi connectivity index (χ4v) is 1.56. The van der Waals surface area contributed by atoms with Gasteiger partial charge in [-0.3, -0.25) is 4.79 Å². The lowest BCUT2D eigenvalue weighted by molar-refractivity contribution is -0.115. The summed E-state index contributed by atoms with van der Waals surface area (Å²) >= 11 is 0. The Morgan fingerprint density at radius 1 is 1.39 bits per heavy atom. The van der Waals surface area contributed by atoms with Gasteiger partial charge in [-0.15, -0.1) is 0 Å². The molecular weight excluding hydrogens is 236 g/mol. The molecule has 1 amide bonds. The van der Waals surface area contributed by atoms with Gasteiger partial charge in [-0.1, -0.05) is 0 Å². The minimum absolute atomic E-state index is 0.107. The van der Waals surface area contributed by atoms with E-state index in [9.17, 15) is 4.79 Å². The molecule has 0 spiro atoms. The highest BCUT2D eigenvalue weighted by Crippen LogP contribution is 2.34. The quantitative estimate of drug-likeness (QED) is 0.725. The van der Waals surface area contributed by atoms with Crippen LogP contribution in [0, 0.1) is 0 Å². The monoisotopic (exact) mass is 252 g/mol. The number of hydrogen-bond donors (Lipinski definition) is 2. The van der Waals surface area contributed by atoms with Gasteiger partial charge in [-0.2, -0.15) is 0 Å². The number of rotatable bonds is 6. The van der Waals surface area contributed by atoms with Crippen LogP contribution in [0.3, 0.4) is 0 Å². The Morgan fingerprint density at radius 3 is 3.06 bits per heavy atom. The zero-order valence-electron chi connectivity index (χ0n) is 10.2. The van der Waals surface area contributed by atoms with Crippen molar-refractivity contribution in [1.29, 1.82) is 0 Å². The molecule has 0 unspecified atom stereocenters. The average molecular weight is 252 g/mol. The van der Waals surface area contributed by atoms with Crippen LogP contribution in [0.1, 0.15) is 0 Å². The number of hydrogen-bond acceptors (Lipinski definition) is 5. The first-order valence-electron chi connectivity index (χ1n) is 5.69. The number of carbonyl (C=O) groups is 1. The lowest BCUT2D eigenvalue weighted by Gasteiger charge is -2.07. The third-order valence-electron chi connectivity index (χ3n) is 2.42. The van der Waals surface area contributed by atoms with E-state index in [2.05, 4.69) is 10.6 Å². The van der Waals surface area contributed by atoms with Gasteiger partial charge in [-0.05, 0) is 12.1 Å². The molecule has 0 fully saturated rings. The first-order chi connectivity index (χ1) is 8.79. The predicted octanol–water partition coefficient (Wildman–Crippen LogP) is 0.590. The second kappa shape index (κ2) is 6.23. The van der Waals surface area contributed by atoms with Crippen LogP contribution >= 0.6 is 0 Å². The molecule has 98 valence electrons. The maximum absolute atomic E-state index is 11.6. The minimum Gasteiger partial charge on any atom is -0.454 e. The van der Waals surface area contributed by atoms with Gasteiger partial charge in [0.25, 0.3) is 0 Å². The first-order valence-corrected chi connectivity index (χ1v) is 5.69. The second-order valence-electron chi connectivity index (χ2n) is 3.79. The van der Waals surface area contributed by atoms with E-state index in [1.54, 1.807) is 25.3 Å². The third-order valence-corrected chi connectivity index (χ3v) is 2.42. The van der Waals surface area contributed by atoms with Gasteiger partial charge in [-0.25, -0.2) is 0 Å². The summed E-state index contributed by atoms with van der Waals surface area (Å²) in [5.74, 6) is 1.25. The van der Waals surface area contributed by atoms with E-state index < -0.39 is 0 Å². The van der Waals surface area contributed by atoms with Crippen LogP contribution in [-0.2, 0) is 9.53 Å². The minimum atomic E-state index is -0.107. The van der Waals surface area contributed by atoms with Crippen LogP contribution in [0.15, 0.2) is 18.2 Å². The zero-order valence-corrected chi connectivity index (χ0v) is 10.2. The lowest BCUT2D eigenvalue weighted by atomic mass is 10.3. The van der Waals surface area contributed by atoms with Crippen molar-refractivity contribution >= 4 is 11.6 Å². The van der Waals surface area contributed by atoms with Crippen LogP contribution in [0.25, 0.3) is 0 Å². The van der Waals surface area contributed by atoms with Gasteiger partial charge < -0.3 is 24.8 Å². The summed E-state index contributed by atoms with van der Waals surface area (Å²) in [6.45, 7) is 1.70. The Balaban J connectivity index is 1.80. The molecule has 0 aliphatic carbocycles. The van der Waals surface area contributed by atoms with Crippen LogP contribution in [-0.4, -0.2) is 39.5 Å². The number of methoxy groups -OCH3 is 1. The van der Waals surface area contributed by atoms with Crippen molar-refractivity contribution < 1.29 is 19.0 Å². The summed E-state index contributed by atoms with van der Waals surface area (Å²) < 4.78 is 15.3. The van der Waals surface area contributed by atoms with E-state index in [0.29, 0.717) is 30.3 Å². The molecule has 6 heteroatoms. The van der Waals surface area contributed by atoms with Crippen molar-refractivity contribution in [3.8, 4) is 11.5 Å². The van der Waals surface area contributed by atoms with Crippen molar-refractivity contribution in [2.45, 2.75) is 0 Å². The van der Waals surface area contributed by atoms with E-state index >= 15 is 0 Å². The summed E-state index contributed by atoms with van der Waals surface area (Å²) in [6, 6.07) is 5.30. The Labute approximate surface area is 105 Å². The first kappa shape index (κ1) is 12.7. The number of amides is 1. The van der Waals surface area contributed by atoms with E-state index in [4.69, 9.17) is 14.2 Å². The zero-order chi connectivity index (χ0) is 12.8. The van der Waals surface area contributed by atoms with E-state index in [1.165, 1.54) is 0 Å². The molecule has 0 saturated heterocycles. The SMILES string of the molecule is COCCNCC(=O)Nc1ccc2c(c1)OCO2. The van der Waals surface area contributed by atoms with Crippen molar-refractivity contribution in [3.05, 3.63) is 18.2 Å². The van der Waals surface area contributed by atoms with E-state index in [1.807, 2.05) is 0 Å².